The molecule has 0 radical (unpaired) electrons. The van der Waals surface area contributed by atoms with E-state index in [-0.39, 0.29) is 29.8 Å². The topological polar surface area (TPSA) is 105 Å². The largest absolute Gasteiger partial charge is 0.496 e. The molecule has 1 fully saturated rings. The Kier molecular flexibility index (Phi) is 8.09. The van der Waals surface area contributed by atoms with Crippen LogP contribution < -0.4 is 19.7 Å². The number of sulfonamides is 1. The molecule has 0 bridgehead atoms. The summed E-state index contributed by atoms with van der Waals surface area (Å²) in [6.07, 6.45) is 0.211. The molecule has 0 aliphatic carbocycles. The van der Waals surface area contributed by atoms with Crippen LogP contribution in [0.4, 0.5) is 5.69 Å². The minimum absolute atomic E-state index is 0.0391. The molecule has 10 heteroatoms. The van der Waals surface area contributed by atoms with E-state index in [1.54, 1.807) is 49.3 Å². The van der Waals surface area contributed by atoms with E-state index in [1.807, 2.05) is 36.4 Å². The van der Waals surface area contributed by atoms with E-state index in [0.717, 1.165) is 11.1 Å². The number of nitrogens with one attached hydrogen (secondary N) is 1. The van der Waals surface area contributed by atoms with Gasteiger partial charge in [0.15, 0.2) is 6.10 Å². The third-order valence-corrected chi connectivity index (χ3v) is 9.24. The Morgan fingerprint density at radius 2 is 1.77 bits per heavy atom. The van der Waals surface area contributed by atoms with Crippen LogP contribution in [0, 0.1) is 12.8 Å². The van der Waals surface area contributed by atoms with Gasteiger partial charge < -0.3 is 19.7 Å². The van der Waals surface area contributed by atoms with Crippen molar-refractivity contribution in [2.24, 2.45) is 5.92 Å². The SMILES string of the molecule is COc1ccc(S(=O)(=O)N2CCCC(C(=O)N3CC(C(=O)NCc4ccccc4)Oc4ccccc43)C2)cc1C. The van der Waals surface area contributed by atoms with Crippen molar-refractivity contribution in [3.8, 4) is 11.5 Å². The number of carbonyl (C=O) groups excluding carboxylic acids is 2. The maximum absolute atomic E-state index is 13.9. The zero-order chi connectivity index (χ0) is 28.3. The predicted molar refractivity (Wildman–Crippen MR) is 151 cm³/mol. The molecule has 0 spiro atoms. The molecular formula is C30H33N3O6S. The molecule has 2 aliphatic heterocycles. The molecule has 40 heavy (non-hydrogen) atoms. The zero-order valence-corrected chi connectivity index (χ0v) is 23.4. The normalized spacial score (nSPS) is 19.3. The van der Waals surface area contributed by atoms with Crippen molar-refractivity contribution in [1.82, 2.24) is 9.62 Å². The standard InChI is InChI=1S/C30H33N3O6S/c1-21-17-24(14-15-26(21)38-2)40(36,37)32-16-8-11-23(19-32)30(35)33-20-28(39-27-13-7-6-12-25(27)33)29(34)31-18-22-9-4-3-5-10-22/h3-7,9-10,12-15,17,23,28H,8,11,16,18-20H2,1-2H3,(H,31,34). The second-order valence-corrected chi connectivity index (χ2v) is 12.0. The lowest BCUT2D eigenvalue weighted by atomic mass is 9.97. The van der Waals surface area contributed by atoms with Gasteiger partial charge in [-0.15, -0.1) is 0 Å². The van der Waals surface area contributed by atoms with E-state index in [9.17, 15) is 18.0 Å². The molecule has 3 aromatic carbocycles. The minimum atomic E-state index is -3.81. The third-order valence-electron chi connectivity index (χ3n) is 7.38. The van der Waals surface area contributed by atoms with Crippen molar-refractivity contribution in [2.45, 2.75) is 37.3 Å². The number of benzene rings is 3. The highest BCUT2D eigenvalue weighted by molar-refractivity contribution is 7.89. The number of aryl methyl sites for hydroxylation is 1. The molecule has 210 valence electrons. The summed E-state index contributed by atoms with van der Waals surface area (Å²) in [5.74, 6) is -0.0432. The maximum Gasteiger partial charge on any atom is 0.263 e. The number of fused-ring (bicyclic) bond motifs is 1. The number of hydrogen-bond acceptors (Lipinski definition) is 6. The van der Waals surface area contributed by atoms with E-state index in [1.165, 1.54) is 10.4 Å². The average Bonchev–Trinajstić information content (AvgIpc) is 2.99. The van der Waals surface area contributed by atoms with Gasteiger partial charge in [-0.2, -0.15) is 4.31 Å². The second-order valence-electron chi connectivity index (χ2n) is 10.1. The number of hydrogen-bond donors (Lipinski definition) is 1. The van der Waals surface area contributed by atoms with Gasteiger partial charge in [-0.3, -0.25) is 9.59 Å². The number of para-hydroxylation sites is 2. The van der Waals surface area contributed by atoms with Crippen molar-refractivity contribution in [3.63, 3.8) is 0 Å². The van der Waals surface area contributed by atoms with Crippen LogP contribution in [0.5, 0.6) is 11.5 Å². The number of ether oxygens (including phenoxy) is 2. The summed E-state index contributed by atoms with van der Waals surface area (Å²) >= 11 is 0. The average molecular weight is 564 g/mol. The maximum atomic E-state index is 13.9. The van der Waals surface area contributed by atoms with Gasteiger partial charge in [-0.25, -0.2) is 8.42 Å². The molecule has 2 unspecified atom stereocenters. The molecule has 0 saturated carbocycles. The molecule has 2 atom stereocenters. The van der Waals surface area contributed by atoms with Crippen molar-refractivity contribution in [2.75, 3.05) is 31.6 Å². The molecule has 9 nitrogen and oxygen atoms in total. The number of piperidine rings is 1. The van der Waals surface area contributed by atoms with Gasteiger partial charge in [0, 0.05) is 19.6 Å². The molecule has 2 amide bonds. The highest BCUT2D eigenvalue weighted by Gasteiger charge is 2.39. The molecule has 0 aromatic heterocycles. The highest BCUT2D eigenvalue weighted by Crippen LogP contribution is 2.36. The molecule has 1 saturated heterocycles. The lowest BCUT2D eigenvalue weighted by Gasteiger charge is -2.38. The Balaban J connectivity index is 1.33. The summed E-state index contributed by atoms with van der Waals surface area (Å²) in [6.45, 7) is 2.58. The summed E-state index contributed by atoms with van der Waals surface area (Å²) in [6, 6.07) is 21.4. The van der Waals surface area contributed by atoms with E-state index in [4.69, 9.17) is 9.47 Å². The van der Waals surface area contributed by atoms with Gasteiger partial charge in [0.2, 0.25) is 15.9 Å². The van der Waals surface area contributed by atoms with Gasteiger partial charge in [0.1, 0.15) is 11.5 Å². The van der Waals surface area contributed by atoms with Crippen molar-refractivity contribution < 1.29 is 27.5 Å². The van der Waals surface area contributed by atoms with Crippen molar-refractivity contribution in [3.05, 3.63) is 83.9 Å². The van der Waals surface area contributed by atoms with Crippen LogP contribution in [0.15, 0.2) is 77.7 Å². The summed E-state index contributed by atoms with van der Waals surface area (Å²) in [5, 5.41) is 2.90. The summed E-state index contributed by atoms with van der Waals surface area (Å²) in [7, 11) is -2.27. The fraction of sp³-hybridized carbons (Fsp3) is 0.333. The van der Waals surface area contributed by atoms with E-state index < -0.39 is 22.0 Å². The van der Waals surface area contributed by atoms with Crippen LogP contribution in [0.3, 0.4) is 0 Å². The van der Waals surface area contributed by atoms with Crippen LogP contribution in [0.1, 0.15) is 24.0 Å². The van der Waals surface area contributed by atoms with Crippen molar-refractivity contribution >= 4 is 27.5 Å². The summed E-state index contributed by atoms with van der Waals surface area (Å²) < 4.78 is 39.6. The Bertz CT molecular complexity index is 1490. The predicted octanol–water partition coefficient (Wildman–Crippen LogP) is 3.51. The molecule has 1 N–H and O–H groups in total. The first-order valence-electron chi connectivity index (χ1n) is 13.3. The number of amides is 2. The van der Waals surface area contributed by atoms with Crippen LogP contribution in [-0.4, -0.2) is 57.4 Å². The lowest BCUT2D eigenvalue weighted by Crippen LogP contribution is -2.53. The van der Waals surface area contributed by atoms with E-state index in [0.29, 0.717) is 43.1 Å². The smallest absolute Gasteiger partial charge is 0.263 e. The first-order valence-corrected chi connectivity index (χ1v) is 14.8. The molecule has 2 aliphatic rings. The second kappa shape index (κ2) is 11.7. The number of rotatable bonds is 7. The van der Waals surface area contributed by atoms with Crippen LogP contribution >= 0.6 is 0 Å². The number of anilines is 1. The van der Waals surface area contributed by atoms with Gasteiger partial charge in [0.25, 0.3) is 5.91 Å². The Morgan fingerprint density at radius 3 is 2.52 bits per heavy atom. The minimum Gasteiger partial charge on any atom is -0.496 e. The van der Waals surface area contributed by atoms with Crippen LogP contribution in [0.2, 0.25) is 0 Å². The summed E-state index contributed by atoms with van der Waals surface area (Å²) in [5.41, 5.74) is 2.25. The Morgan fingerprint density at radius 1 is 1.02 bits per heavy atom. The van der Waals surface area contributed by atoms with Crippen LogP contribution in [0.25, 0.3) is 0 Å². The van der Waals surface area contributed by atoms with Gasteiger partial charge >= 0.3 is 0 Å². The first-order chi connectivity index (χ1) is 19.3. The fourth-order valence-corrected chi connectivity index (χ4v) is 6.83. The highest BCUT2D eigenvalue weighted by atomic mass is 32.2. The Hall–Kier alpha value is -3.89. The molecule has 2 heterocycles. The number of methoxy groups -OCH3 is 1. The molecule has 5 rings (SSSR count). The fourth-order valence-electron chi connectivity index (χ4n) is 5.22. The first kappa shape index (κ1) is 27.7. The van der Waals surface area contributed by atoms with Crippen molar-refractivity contribution in [1.29, 1.82) is 0 Å². The van der Waals surface area contributed by atoms with E-state index >= 15 is 0 Å². The quantitative estimate of drug-likeness (QED) is 0.472. The van der Waals surface area contributed by atoms with Crippen LogP contribution in [-0.2, 0) is 26.2 Å². The summed E-state index contributed by atoms with van der Waals surface area (Å²) in [4.78, 5) is 28.7. The molecule has 3 aromatic rings. The third kappa shape index (κ3) is 5.68. The number of nitrogens with zero attached hydrogens (tertiary/aromatic N) is 2. The monoisotopic (exact) mass is 563 g/mol. The molecular weight excluding hydrogens is 530 g/mol. The van der Waals surface area contributed by atoms with E-state index in [2.05, 4.69) is 5.32 Å². The van der Waals surface area contributed by atoms with Gasteiger partial charge in [0.05, 0.1) is 30.2 Å². The number of carbonyl (C=O) groups is 2. The van der Waals surface area contributed by atoms with Gasteiger partial charge in [-0.1, -0.05) is 42.5 Å². The van der Waals surface area contributed by atoms with Gasteiger partial charge in [-0.05, 0) is 61.2 Å². The zero-order valence-electron chi connectivity index (χ0n) is 22.6. The Labute approximate surface area is 234 Å². The lowest BCUT2D eigenvalue weighted by molar-refractivity contribution is -0.129.